The molecule has 0 bridgehead atoms. The van der Waals surface area contributed by atoms with Crippen LogP contribution < -0.4 is 5.73 Å². The summed E-state index contributed by atoms with van der Waals surface area (Å²) in [7, 11) is 0. The third-order valence-electron chi connectivity index (χ3n) is 4.06. The van der Waals surface area contributed by atoms with Crippen LogP contribution in [0.2, 0.25) is 0 Å². The van der Waals surface area contributed by atoms with Crippen molar-refractivity contribution in [2.75, 3.05) is 0 Å². The molecule has 2 aromatic rings. The van der Waals surface area contributed by atoms with Crippen molar-refractivity contribution in [3.05, 3.63) is 58.2 Å². The fourth-order valence-electron chi connectivity index (χ4n) is 2.60. The van der Waals surface area contributed by atoms with Crippen LogP contribution in [0.3, 0.4) is 0 Å². The second-order valence-electron chi connectivity index (χ2n) is 5.76. The van der Waals surface area contributed by atoms with Gasteiger partial charge in [0.05, 0.1) is 6.42 Å². The van der Waals surface area contributed by atoms with E-state index in [1.807, 2.05) is 0 Å². The number of rotatable bonds is 4. The average Bonchev–Trinajstić information content (AvgIpc) is 2.45. The van der Waals surface area contributed by atoms with E-state index >= 15 is 0 Å². The second kappa shape index (κ2) is 6.46. The molecule has 0 saturated heterocycles. The summed E-state index contributed by atoms with van der Waals surface area (Å²) >= 11 is 0. The first kappa shape index (κ1) is 17.1. The molecule has 0 aliphatic heterocycles. The number of hydrogen-bond acceptors (Lipinski definition) is 2. The van der Waals surface area contributed by atoms with Crippen LogP contribution in [0.4, 0.5) is 8.78 Å². The molecule has 0 aliphatic rings. The maximum Gasteiger partial charge on any atom is 0.305 e. The first-order chi connectivity index (χ1) is 10.7. The summed E-state index contributed by atoms with van der Waals surface area (Å²) in [5.41, 5.74) is 8.51. The molecule has 0 aliphatic carbocycles. The van der Waals surface area contributed by atoms with Crippen molar-refractivity contribution in [3.63, 3.8) is 0 Å². The molecule has 0 spiro atoms. The van der Waals surface area contributed by atoms with Gasteiger partial charge in [-0.05, 0) is 55.2 Å². The van der Waals surface area contributed by atoms with Crippen molar-refractivity contribution in [3.8, 4) is 11.1 Å². The predicted octanol–water partition coefficient (Wildman–Crippen LogP) is 4.03. The van der Waals surface area contributed by atoms with Gasteiger partial charge in [0, 0.05) is 17.2 Å². The molecule has 23 heavy (non-hydrogen) atoms. The number of carbonyl (C=O) groups is 1. The Balaban J connectivity index is 2.65. The van der Waals surface area contributed by atoms with Crippen molar-refractivity contribution in [1.82, 2.24) is 0 Å². The quantitative estimate of drug-likeness (QED) is 0.894. The molecule has 1 unspecified atom stereocenters. The lowest BCUT2D eigenvalue weighted by atomic mass is 9.90. The maximum atomic E-state index is 14.5. The van der Waals surface area contributed by atoms with Crippen LogP contribution in [0.5, 0.6) is 0 Å². The number of halogens is 2. The standard InChI is InChI=1S/C18H19F2NO2/c1-9-4-5-12(15(19)6-9)13-7-14(16(21)8-17(22)23)18(20)11(3)10(13)2/h4-7,16H,8,21H2,1-3H3,(H,22,23). The lowest BCUT2D eigenvalue weighted by Gasteiger charge is -2.18. The van der Waals surface area contributed by atoms with Crippen LogP contribution in [-0.2, 0) is 4.79 Å². The Morgan fingerprint density at radius 3 is 2.35 bits per heavy atom. The predicted molar refractivity (Wildman–Crippen MR) is 85.2 cm³/mol. The van der Waals surface area contributed by atoms with Gasteiger partial charge < -0.3 is 10.8 Å². The Kier molecular flexibility index (Phi) is 4.80. The number of carboxylic acids is 1. The van der Waals surface area contributed by atoms with E-state index in [2.05, 4.69) is 0 Å². The fourth-order valence-corrected chi connectivity index (χ4v) is 2.60. The summed E-state index contributed by atoms with van der Waals surface area (Å²) in [5.74, 6) is -2.05. The Morgan fingerprint density at radius 1 is 1.13 bits per heavy atom. The number of hydrogen-bond donors (Lipinski definition) is 2. The summed E-state index contributed by atoms with van der Waals surface area (Å²) in [4.78, 5) is 10.8. The lowest BCUT2D eigenvalue weighted by molar-refractivity contribution is -0.137. The summed E-state index contributed by atoms with van der Waals surface area (Å²) in [6, 6.07) is 5.28. The molecule has 0 amide bonds. The first-order valence-corrected chi connectivity index (χ1v) is 7.25. The van der Waals surface area contributed by atoms with Gasteiger partial charge in [0.2, 0.25) is 0 Å². The van der Waals surface area contributed by atoms with Crippen molar-refractivity contribution < 1.29 is 18.7 Å². The number of benzene rings is 2. The molecule has 1 atom stereocenters. The summed E-state index contributed by atoms with van der Waals surface area (Å²) < 4.78 is 28.7. The van der Waals surface area contributed by atoms with Gasteiger partial charge >= 0.3 is 5.97 Å². The second-order valence-corrected chi connectivity index (χ2v) is 5.76. The minimum atomic E-state index is -1.11. The van der Waals surface area contributed by atoms with Gasteiger partial charge in [-0.3, -0.25) is 4.79 Å². The lowest BCUT2D eigenvalue weighted by Crippen LogP contribution is -2.17. The average molecular weight is 319 g/mol. The Bertz CT molecular complexity index is 772. The van der Waals surface area contributed by atoms with Gasteiger partial charge in [-0.25, -0.2) is 8.78 Å². The molecule has 5 heteroatoms. The van der Waals surface area contributed by atoms with Crippen molar-refractivity contribution in [2.45, 2.75) is 33.2 Å². The summed E-state index contributed by atoms with van der Waals surface area (Å²) in [5, 5.41) is 8.86. The van der Waals surface area contributed by atoms with E-state index in [9.17, 15) is 13.6 Å². The maximum absolute atomic E-state index is 14.5. The molecule has 0 fully saturated rings. The molecule has 0 saturated carbocycles. The van der Waals surface area contributed by atoms with Crippen molar-refractivity contribution in [1.29, 1.82) is 0 Å². The third kappa shape index (κ3) is 3.40. The summed E-state index contributed by atoms with van der Waals surface area (Å²) in [6.07, 6.45) is -0.394. The minimum absolute atomic E-state index is 0.0884. The normalized spacial score (nSPS) is 12.3. The first-order valence-electron chi connectivity index (χ1n) is 7.25. The van der Waals surface area contributed by atoms with E-state index in [0.717, 1.165) is 5.56 Å². The van der Waals surface area contributed by atoms with Crippen LogP contribution in [-0.4, -0.2) is 11.1 Å². The monoisotopic (exact) mass is 319 g/mol. The van der Waals surface area contributed by atoms with Crippen molar-refractivity contribution in [2.24, 2.45) is 5.73 Å². The molecule has 3 nitrogen and oxygen atoms in total. The largest absolute Gasteiger partial charge is 0.481 e. The van der Waals surface area contributed by atoms with Crippen LogP contribution in [0.1, 0.15) is 34.7 Å². The molecular weight excluding hydrogens is 300 g/mol. The highest BCUT2D eigenvalue weighted by Crippen LogP contribution is 2.34. The fraction of sp³-hybridized carbons (Fsp3) is 0.278. The Hall–Kier alpha value is -2.27. The molecule has 0 radical (unpaired) electrons. The van der Waals surface area contributed by atoms with E-state index in [1.165, 1.54) is 12.1 Å². The van der Waals surface area contributed by atoms with Gasteiger partial charge in [-0.2, -0.15) is 0 Å². The number of carboxylic acid groups (broad SMARTS) is 1. The molecule has 0 aromatic heterocycles. The van der Waals surface area contributed by atoms with Crippen LogP contribution in [0.25, 0.3) is 11.1 Å². The number of nitrogens with two attached hydrogens (primary N) is 1. The highest BCUT2D eigenvalue weighted by atomic mass is 19.1. The van der Waals surface area contributed by atoms with Crippen LogP contribution in [0, 0.1) is 32.4 Å². The van der Waals surface area contributed by atoms with Gasteiger partial charge in [0.15, 0.2) is 0 Å². The third-order valence-corrected chi connectivity index (χ3v) is 4.06. The molecule has 0 heterocycles. The molecular formula is C18H19F2NO2. The highest BCUT2D eigenvalue weighted by molar-refractivity contribution is 5.72. The zero-order valence-electron chi connectivity index (χ0n) is 13.3. The van der Waals surface area contributed by atoms with E-state index < -0.39 is 30.1 Å². The smallest absolute Gasteiger partial charge is 0.305 e. The Morgan fingerprint density at radius 2 is 1.78 bits per heavy atom. The zero-order chi connectivity index (χ0) is 17.3. The molecule has 2 rings (SSSR count). The molecule has 122 valence electrons. The van der Waals surface area contributed by atoms with Gasteiger partial charge in [0.1, 0.15) is 11.6 Å². The minimum Gasteiger partial charge on any atom is -0.481 e. The number of aryl methyl sites for hydroxylation is 1. The van der Waals surface area contributed by atoms with Crippen molar-refractivity contribution >= 4 is 5.97 Å². The van der Waals surface area contributed by atoms with Gasteiger partial charge in [-0.1, -0.05) is 12.1 Å². The topological polar surface area (TPSA) is 63.3 Å². The molecule has 2 aromatic carbocycles. The van der Waals surface area contributed by atoms with E-state index in [-0.39, 0.29) is 5.56 Å². The molecule has 3 N–H and O–H groups in total. The highest BCUT2D eigenvalue weighted by Gasteiger charge is 2.21. The number of aliphatic carboxylic acids is 1. The Labute approximate surface area is 133 Å². The van der Waals surface area contributed by atoms with E-state index in [0.29, 0.717) is 22.3 Å². The summed E-state index contributed by atoms with van der Waals surface area (Å²) in [6.45, 7) is 5.07. The van der Waals surface area contributed by atoms with Crippen LogP contribution >= 0.6 is 0 Å². The van der Waals surface area contributed by atoms with Crippen LogP contribution in [0.15, 0.2) is 24.3 Å². The zero-order valence-corrected chi connectivity index (χ0v) is 13.3. The van der Waals surface area contributed by atoms with E-state index in [4.69, 9.17) is 10.8 Å². The van der Waals surface area contributed by atoms with Gasteiger partial charge in [0.25, 0.3) is 0 Å². The van der Waals surface area contributed by atoms with E-state index in [1.54, 1.807) is 32.9 Å². The SMILES string of the molecule is Cc1ccc(-c2cc(C(N)CC(=O)O)c(F)c(C)c2C)c(F)c1. The van der Waals surface area contributed by atoms with Gasteiger partial charge in [-0.15, -0.1) is 0 Å².